The van der Waals surface area contributed by atoms with E-state index in [9.17, 15) is 43.2 Å². The topological polar surface area (TPSA) is 303 Å². The Morgan fingerprint density at radius 2 is 0.926 bits per heavy atom. The molecule has 7 amide bonds. The van der Waals surface area contributed by atoms with Crippen molar-refractivity contribution in [2.75, 3.05) is 18.6 Å². The second kappa shape index (κ2) is 32.3. The van der Waals surface area contributed by atoms with E-state index in [2.05, 4.69) is 47.2 Å². The van der Waals surface area contributed by atoms with E-state index in [-0.39, 0.29) is 51.5 Å². The van der Waals surface area contributed by atoms with E-state index in [1.54, 1.807) is 138 Å². The third kappa shape index (κ3) is 28.7. The normalized spacial score (nSPS) is 14.0. The molecule has 0 saturated carbocycles. The van der Waals surface area contributed by atoms with Crippen molar-refractivity contribution in [1.82, 2.24) is 47.2 Å². The molecule has 0 aliphatic rings. The van der Waals surface area contributed by atoms with Crippen LogP contribution in [0.1, 0.15) is 138 Å². The number of carbonyl (C=O) groups is 9. The molecule has 0 aliphatic carbocycles. The molecule has 8 N–H and O–H groups in total. The zero-order valence-corrected chi connectivity index (χ0v) is 50.1. The molecule has 81 heavy (non-hydrogen) atoms. The lowest BCUT2D eigenvalue weighted by molar-refractivity contribution is -0.159. The van der Waals surface area contributed by atoms with Gasteiger partial charge in [-0.15, -0.1) is 0 Å². The summed E-state index contributed by atoms with van der Waals surface area (Å²) in [5, 5.41) is 19.1. The monoisotopic (exact) mass is 1150 g/mol. The van der Waals surface area contributed by atoms with Gasteiger partial charge in [0.05, 0.1) is 6.33 Å². The van der Waals surface area contributed by atoms with Crippen molar-refractivity contribution in [3.63, 3.8) is 0 Å². The smallest absolute Gasteiger partial charge is 0.408 e. The van der Waals surface area contributed by atoms with E-state index in [0.717, 1.165) is 5.56 Å². The standard InChI is InChI=1S/C58H87N9O13S/c1-55(2,3)77-46(68)28-27-41(63-49(71)42(29-31-81-13)67-54(76)80-58(10,11)12)48(70)65-44(34-39-35-59-36-61-39)51(73)64-43(32-37-22-16-14-17-23-37)50(72)62-40(26-20-21-30-60-53(75)79-57(7,8)9)47(69)66-45(52(74)78-56(4,5)6)33-38-24-18-15-19-25-38/h14-19,22-25,35-36,40-45H,20-21,26-34H2,1-13H3,(H,59,61)(H,60,75)(H,62,72)(H,63,71)(H,64,73)(H,65,70)(H,66,69)(H,67,76)/t40-,41+,42+,43+,44+,45+/m1/s1/i81+3. The SMILES string of the molecule is C[35S]CC[C@H](NC(=O)OC(C)(C)C)C(=O)N[C@@H](CCC(=O)OC(C)(C)C)C(=O)N[C@@H](Cc1cnc[nH]1)C(=O)N[C@@H](Cc1ccccc1)C(=O)N[C@H](CCCCNC(=O)OC(C)(C)C)C(=O)N[C@@H](Cc1ccccc1)C(=O)OC(C)(C)C. The highest BCUT2D eigenvalue weighted by Crippen LogP contribution is 2.16. The first-order valence-electron chi connectivity index (χ1n) is 27.3. The number of nitrogens with zero attached hydrogens (tertiary/aromatic N) is 1. The van der Waals surface area contributed by atoms with Crippen LogP contribution in [0.4, 0.5) is 9.59 Å². The van der Waals surface area contributed by atoms with Gasteiger partial charge in [0.25, 0.3) is 0 Å². The van der Waals surface area contributed by atoms with Crippen LogP contribution in [0.25, 0.3) is 0 Å². The number of aromatic amines is 1. The Kier molecular flexibility index (Phi) is 27.2. The number of alkyl carbamates (subject to hydrolysis) is 2. The lowest BCUT2D eigenvalue weighted by Gasteiger charge is -2.28. The number of carbonyl (C=O) groups excluding carboxylic acids is 9. The number of esters is 2. The summed E-state index contributed by atoms with van der Waals surface area (Å²) in [5.41, 5.74) is -1.65. The van der Waals surface area contributed by atoms with Crippen molar-refractivity contribution in [1.29, 1.82) is 0 Å². The van der Waals surface area contributed by atoms with Crippen LogP contribution in [0.5, 0.6) is 0 Å². The van der Waals surface area contributed by atoms with Crippen LogP contribution in [0.15, 0.2) is 73.2 Å². The number of nitrogens with one attached hydrogen (secondary N) is 8. The van der Waals surface area contributed by atoms with Crippen LogP contribution >= 0.6 is 11.8 Å². The van der Waals surface area contributed by atoms with E-state index >= 15 is 0 Å². The first-order valence-corrected chi connectivity index (χ1v) is 28.7. The van der Waals surface area contributed by atoms with Gasteiger partial charge in [0.1, 0.15) is 58.7 Å². The van der Waals surface area contributed by atoms with Crippen LogP contribution < -0.4 is 37.2 Å². The molecule has 0 fully saturated rings. The van der Waals surface area contributed by atoms with E-state index < -0.39 is 112 Å². The van der Waals surface area contributed by atoms with Crippen molar-refractivity contribution < 1.29 is 62.1 Å². The molecule has 0 unspecified atom stereocenters. The molecule has 0 saturated heterocycles. The van der Waals surface area contributed by atoms with E-state index in [1.807, 2.05) is 12.3 Å². The summed E-state index contributed by atoms with van der Waals surface area (Å²) in [6.07, 6.45) is 3.11. The van der Waals surface area contributed by atoms with E-state index in [0.29, 0.717) is 29.9 Å². The number of unbranched alkanes of at least 4 members (excludes halogenated alkanes) is 1. The van der Waals surface area contributed by atoms with Gasteiger partial charge in [-0.25, -0.2) is 19.4 Å². The molecule has 0 spiro atoms. The third-order valence-corrected chi connectivity index (χ3v) is 12.0. The molecule has 23 heteroatoms. The fourth-order valence-corrected chi connectivity index (χ4v) is 8.26. The Balaban J connectivity index is 2.04. The molecule has 1 aromatic heterocycles. The number of benzene rings is 2. The maximum atomic E-state index is 14.8. The molecule has 3 rings (SSSR count). The molecule has 22 nitrogen and oxygen atoms in total. The zero-order valence-electron chi connectivity index (χ0n) is 49.3. The molecular weight excluding hydrogens is 1070 g/mol. The number of rotatable bonds is 29. The highest BCUT2D eigenvalue weighted by atomic mass is 35.1. The van der Waals surface area contributed by atoms with E-state index in [1.165, 1.54) is 24.3 Å². The number of thioether (sulfide) groups is 1. The number of aromatic nitrogens is 2. The maximum Gasteiger partial charge on any atom is 0.408 e. The second-order valence-electron chi connectivity index (χ2n) is 23.5. The average molecular weight is 1150 g/mol. The molecule has 6 atom stereocenters. The summed E-state index contributed by atoms with van der Waals surface area (Å²) in [5.74, 6) is -4.94. The fraction of sp³-hybridized carbons (Fsp3) is 0.586. The molecule has 448 valence electrons. The second-order valence-corrected chi connectivity index (χ2v) is 24.5. The van der Waals surface area contributed by atoms with Gasteiger partial charge in [0, 0.05) is 44.1 Å². The number of amides is 7. The van der Waals surface area contributed by atoms with Crippen molar-refractivity contribution in [2.24, 2.45) is 0 Å². The predicted octanol–water partition coefficient (Wildman–Crippen LogP) is 5.67. The van der Waals surface area contributed by atoms with Crippen molar-refractivity contribution in [3.8, 4) is 0 Å². The Bertz CT molecular complexity index is 2510. The number of hydrogen-bond donors (Lipinski definition) is 8. The van der Waals surface area contributed by atoms with Gasteiger partial charge >= 0.3 is 24.1 Å². The molecular formula is C58H87N9O13S. The van der Waals surface area contributed by atoms with Gasteiger partial charge in [-0.1, -0.05) is 60.7 Å². The highest BCUT2D eigenvalue weighted by Gasteiger charge is 2.36. The van der Waals surface area contributed by atoms with Gasteiger partial charge in [0.2, 0.25) is 29.5 Å². The van der Waals surface area contributed by atoms with Gasteiger partial charge in [-0.05, 0) is 138 Å². The summed E-state index contributed by atoms with van der Waals surface area (Å²) < 4.78 is 22.0. The van der Waals surface area contributed by atoms with Gasteiger partial charge < -0.3 is 61.1 Å². The summed E-state index contributed by atoms with van der Waals surface area (Å²) in [6, 6.07) is 9.81. The fourth-order valence-electron chi connectivity index (χ4n) is 7.79. The first kappa shape index (κ1) is 68.1. The largest absolute Gasteiger partial charge is 0.460 e. The minimum Gasteiger partial charge on any atom is -0.460 e. The van der Waals surface area contributed by atoms with Gasteiger partial charge in [0.15, 0.2) is 0 Å². The first-order chi connectivity index (χ1) is 37.8. The van der Waals surface area contributed by atoms with Crippen LogP contribution in [-0.4, -0.2) is 141 Å². The third-order valence-electron chi connectivity index (χ3n) is 11.3. The number of hydrogen-bond acceptors (Lipinski definition) is 15. The number of H-pyrrole nitrogens is 1. The van der Waals surface area contributed by atoms with Gasteiger partial charge in [-0.2, -0.15) is 11.8 Å². The minimum atomic E-state index is -1.47. The number of imidazole rings is 1. The lowest BCUT2D eigenvalue weighted by Crippen LogP contribution is -2.60. The van der Waals surface area contributed by atoms with Crippen LogP contribution in [0.3, 0.4) is 0 Å². The summed E-state index contributed by atoms with van der Waals surface area (Å²) >= 11 is 1.42. The summed E-state index contributed by atoms with van der Waals surface area (Å²) in [4.78, 5) is 132. The van der Waals surface area contributed by atoms with Crippen LogP contribution in [0, 0.1) is 0 Å². The zero-order chi connectivity index (χ0) is 60.6. The van der Waals surface area contributed by atoms with Crippen LogP contribution in [0.2, 0.25) is 0 Å². The Morgan fingerprint density at radius 1 is 0.494 bits per heavy atom. The molecule has 3 aromatic rings. The van der Waals surface area contributed by atoms with Crippen molar-refractivity contribution in [2.45, 2.75) is 200 Å². The minimum absolute atomic E-state index is 0.0201. The predicted molar refractivity (Wildman–Crippen MR) is 307 cm³/mol. The van der Waals surface area contributed by atoms with Crippen LogP contribution in [-0.2, 0) is 71.8 Å². The van der Waals surface area contributed by atoms with Crippen molar-refractivity contribution >= 4 is 65.4 Å². The molecule has 0 radical (unpaired) electrons. The van der Waals surface area contributed by atoms with Crippen molar-refractivity contribution in [3.05, 3.63) is 90.0 Å². The quantitative estimate of drug-likeness (QED) is 0.0236. The molecule has 0 bridgehead atoms. The molecule has 2 aromatic carbocycles. The highest BCUT2D eigenvalue weighted by molar-refractivity contribution is 7.98. The Hall–Kier alpha value is -7.17. The number of ether oxygens (including phenoxy) is 4. The lowest BCUT2D eigenvalue weighted by atomic mass is 10.0. The average Bonchev–Trinajstić information content (AvgIpc) is 3.87. The molecule has 1 heterocycles. The summed E-state index contributed by atoms with van der Waals surface area (Å²) in [6.45, 7) is 20.5. The Labute approximate surface area is 481 Å². The summed E-state index contributed by atoms with van der Waals surface area (Å²) in [7, 11) is 0. The molecule has 0 aliphatic heterocycles. The maximum absolute atomic E-state index is 14.8. The van der Waals surface area contributed by atoms with E-state index in [4.69, 9.17) is 18.9 Å². The Morgan fingerprint density at radius 3 is 1.41 bits per heavy atom. The van der Waals surface area contributed by atoms with Gasteiger partial charge in [-0.3, -0.25) is 28.8 Å².